The second-order valence-corrected chi connectivity index (χ2v) is 6.90. The van der Waals surface area contributed by atoms with E-state index in [4.69, 9.17) is 0 Å². The molecule has 2 fully saturated rings. The van der Waals surface area contributed by atoms with Crippen LogP contribution in [0, 0.1) is 42.4 Å². The quantitative estimate of drug-likeness (QED) is 0.636. The maximum absolute atomic E-state index is 11.6. The van der Waals surface area contributed by atoms with Crippen LogP contribution in [0.4, 0.5) is 0 Å². The molecular weight excluding hydrogens is 335 g/mol. The van der Waals surface area contributed by atoms with Gasteiger partial charge in [-0.1, -0.05) is 20.8 Å². The summed E-state index contributed by atoms with van der Waals surface area (Å²) in [7, 11) is 1.62. The minimum atomic E-state index is 0. The molecule has 0 saturated heterocycles. The van der Waals surface area contributed by atoms with Gasteiger partial charge in [0.25, 0.3) is 0 Å². The minimum Gasteiger partial charge on any atom is -0.656 e. The van der Waals surface area contributed by atoms with E-state index in [0.717, 1.165) is 36.0 Å². The van der Waals surface area contributed by atoms with Crippen molar-refractivity contribution in [3.05, 3.63) is 12.2 Å². The van der Waals surface area contributed by atoms with E-state index < -0.39 is 0 Å². The first kappa shape index (κ1) is 21.6. The van der Waals surface area contributed by atoms with Crippen molar-refractivity contribution in [1.82, 2.24) is 0 Å². The van der Waals surface area contributed by atoms with E-state index in [0.29, 0.717) is 0 Å². The van der Waals surface area contributed by atoms with Gasteiger partial charge in [0, 0.05) is 32.7 Å². The predicted octanol–water partition coefficient (Wildman–Crippen LogP) is 5.09. The third-order valence-corrected chi connectivity index (χ3v) is 5.60. The molecule has 0 aliphatic heterocycles. The van der Waals surface area contributed by atoms with Crippen LogP contribution in [0.15, 0.2) is 0 Å². The first-order valence-corrected chi connectivity index (χ1v) is 8.37. The number of hydrogen-bond donors (Lipinski definition) is 0. The molecule has 2 nitrogen and oxygen atoms in total. The van der Waals surface area contributed by atoms with Crippen LogP contribution >= 0.6 is 0 Å². The number of amides is 1. The van der Waals surface area contributed by atoms with Crippen LogP contribution in [0.2, 0.25) is 0 Å². The molecule has 0 aromatic rings. The van der Waals surface area contributed by atoms with Crippen LogP contribution in [-0.4, -0.2) is 13.0 Å². The molecule has 1 radical (unpaired) electrons. The van der Waals surface area contributed by atoms with Crippen molar-refractivity contribution in [3.8, 4) is 0 Å². The molecular formula is C18H33NOY-2. The maximum atomic E-state index is 11.6. The Morgan fingerprint density at radius 2 is 1.81 bits per heavy atom. The van der Waals surface area contributed by atoms with Gasteiger partial charge in [-0.3, -0.25) is 0 Å². The number of hydrogen-bond acceptors (Lipinski definition) is 1. The smallest absolute Gasteiger partial charge is 0.0538 e. The Morgan fingerprint density at radius 1 is 1.24 bits per heavy atom. The van der Waals surface area contributed by atoms with E-state index in [2.05, 4.69) is 26.1 Å². The van der Waals surface area contributed by atoms with Crippen LogP contribution in [0.1, 0.15) is 59.8 Å². The monoisotopic (exact) mass is 368 g/mol. The molecule has 2 saturated carbocycles. The summed E-state index contributed by atoms with van der Waals surface area (Å²) in [4.78, 5) is 11.6. The number of carbonyl (C=O) groups excluding carboxylic acids is 1. The topological polar surface area (TPSA) is 31.2 Å². The Hall–Kier alpha value is 0.574. The molecule has 21 heavy (non-hydrogen) atoms. The van der Waals surface area contributed by atoms with E-state index >= 15 is 0 Å². The number of nitrogens with zero attached hydrogens (tertiary/aromatic N) is 1. The molecule has 4 atom stereocenters. The standard InChI is InChI=1S/C16H29NO.C2H5.Y/c1-10-7-14(8-10)15-6-5-13(12(15)3)9-11(2)16(18)17-4;1-2;/h10-15H,5-9H2,1-4H3,(H,17,18);1H2,2H3;/q;-1;/p-1/t10?,11?,12-,13+,14?,15+;;/m0../s1. The van der Waals surface area contributed by atoms with Crippen molar-refractivity contribution >= 4 is 5.91 Å². The molecule has 0 heterocycles. The van der Waals surface area contributed by atoms with Crippen LogP contribution < -0.4 is 0 Å². The van der Waals surface area contributed by atoms with Crippen LogP contribution in [0.25, 0.3) is 5.32 Å². The molecule has 1 unspecified atom stereocenters. The van der Waals surface area contributed by atoms with Crippen molar-refractivity contribution in [2.75, 3.05) is 7.05 Å². The summed E-state index contributed by atoms with van der Waals surface area (Å²) in [6.07, 6.45) is 6.67. The van der Waals surface area contributed by atoms with Gasteiger partial charge in [0.15, 0.2) is 0 Å². The van der Waals surface area contributed by atoms with E-state index in [1.807, 2.05) is 6.92 Å². The third kappa shape index (κ3) is 5.61. The average molecular weight is 368 g/mol. The molecule has 2 aliphatic rings. The Kier molecular flexibility index (Phi) is 10.7. The second kappa shape index (κ2) is 10.4. The molecule has 0 spiro atoms. The average Bonchev–Trinajstić information content (AvgIpc) is 2.78. The first-order valence-electron chi connectivity index (χ1n) is 8.37. The second-order valence-electron chi connectivity index (χ2n) is 6.90. The summed E-state index contributed by atoms with van der Waals surface area (Å²) in [5, 5.41) is 3.81. The molecule has 121 valence electrons. The Bertz CT molecular complexity index is 302. The fraction of sp³-hybridized carbons (Fsp3) is 0.889. The van der Waals surface area contributed by atoms with Crippen LogP contribution in [0.3, 0.4) is 0 Å². The summed E-state index contributed by atoms with van der Waals surface area (Å²) >= 11 is 0. The summed E-state index contributed by atoms with van der Waals surface area (Å²) in [6, 6.07) is 0. The van der Waals surface area contributed by atoms with E-state index in [1.165, 1.54) is 25.7 Å². The van der Waals surface area contributed by atoms with Gasteiger partial charge < -0.3 is 17.0 Å². The van der Waals surface area contributed by atoms with Crippen molar-refractivity contribution in [2.24, 2.45) is 35.5 Å². The van der Waals surface area contributed by atoms with E-state index in [1.54, 1.807) is 14.0 Å². The molecule has 1 amide bonds. The Morgan fingerprint density at radius 3 is 2.29 bits per heavy atom. The molecule has 3 heteroatoms. The van der Waals surface area contributed by atoms with Gasteiger partial charge in [-0.2, -0.15) is 6.92 Å². The zero-order chi connectivity index (χ0) is 15.3. The van der Waals surface area contributed by atoms with Gasteiger partial charge in [-0.05, 0) is 67.6 Å². The SMILES string of the molecule is C[N-]C(=O)C(C)C[C@H]1CC[C@@H](C2CC(C)C2)[C@H]1C.[CH2-]C.[Y]. The van der Waals surface area contributed by atoms with Gasteiger partial charge in [-0.15, -0.1) is 7.05 Å². The van der Waals surface area contributed by atoms with Crippen molar-refractivity contribution in [1.29, 1.82) is 0 Å². The van der Waals surface area contributed by atoms with Gasteiger partial charge >= 0.3 is 0 Å². The minimum absolute atomic E-state index is 0. The zero-order valence-electron chi connectivity index (χ0n) is 14.6. The molecule has 0 aromatic carbocycles. The predicted molar refractivity (Wildman–Crippen MR) is 86.4 cm³/mol. The largest absolute Gasteiger partial charge is 0.656 e. The summed E-state index contributed by atoms with van der Waals surface area (Å²) < 4.78 is 0. The molecule has 0 N–H and O–H groups in total. The number of carbonyl (C=O) groups is 1. The van der Waals surface area contributed by atoms with Crippen molar-refractivity contribution < 1.29 is 37.5 Å². The molecule has 2 rings (SSSR count). The zero-order valence-corrected chi connectivity index (χ0v) is 17.5. The van der Waals surface area contributed by atoms with Gasteiger partial charge in [-0.25, -0.2) is 0 Å². The normalized spacial score (nSPS) is 35.6. The van der Waals surface area contributed by atoms with E-state index in [9.17, 15) is 4.79 Å². The molecule has 0 bridgehead atoms. The van der Waals surface area contributed by atoms with Crippen molar-refractivity contribution in [3.63, 3.8) is 0 Å². The maximum Gasteiger partial charge on any atom is 0.0538 e. The Labute approximate surface area is 157 Å². The molecule has 0 aromatic heterocycles. The summed E-state index contributed by atoms with van der Waals surface area (Å²) in [5.74, 6) is 4.67. The molecule has 2 aliphatic carbocycles. The summed E-state index contributed by atoms with van der Waals surface area (Å²) in [5.41, 5.74) is 0. The van der Waals surface area contributed by atoms with Crippen LogP contribution in [0.5, 0.6) is 0 Å². The van der Waals surface area contributed by atoms with Gasteiger partial charge in [0.2, 0.25) is 0 Å². The summed E-state index contributed by atoms with van der Waals surface area (Å²) in [6.45, 7) is 11.8. The number of rotatable bonds is 4. The van der Waals surface area contributed by atoms with Crippen LogP contribution in [-0.2, 0) is 37.5 Å². The fourth-order valence-corrected chi connectivity index (χ4v) is 4.37. The van der Waals surface area contributed by atoms with E-state index in [-0.39, 0.29) is 44.5 Å². The first-order chi connectivity index (χ1) is 9.52. The van der Waals surface area contributed by atoms with Gasteiger partial charge in [0.1, 0.15) is 0 Å². The van der Waals surface area contributed by atoms with Crippen molar-refractivity contribution in [2.45, 2.75) is 59.8 Å². The third-order valence-electron chi connectivity index (χ3n) is 5.60. The fourth-order valence-electron chi connectivity index (χ4n) is 4.37. The Balaban J connectivity index is 0.00000128. The van der Waals surface area contributed by atoms with Gasteiger partial charge in [0.05, 0.1) is 5.91 Å².